The van der Waals surface area contributed by atoms with Gasteiger partial charge in [-0.25, -0.2) is 0 Å². The number of benzene rings is 1. The molecule has 0 radical (unpaired) electrons. The number of alkyl halides is 2. The number of rotatable bonds is 6. The van der Waals surface area contributed by atoms with Crippen LogP contribution in [0.5, 0.6) is 11.5 Å². The van der Waals surface area contributed by atoms with Crippen molar-refractivity contribution in [2.45, 2.75) is 6.61 Å². The Balaban J connectivity index is 2.15. The molecule has 0 saturated carbocycles. The minimum Gasteiger partial charge on any atom is -0.493 e. The second-order valence-corrected chi connectivity index (χ2v) is 4.39. The van der Waals surface area contributed by atoms with Crippen molar-refractivity contribution >= 4 is 11.9 Å². The van der Waals surface area contributed by atoms with Crippen LogP contribution >= 0.6 is 0 Å². The number of ether oxygens (including phenoxy) is 2. The molecule has 1 heterocycles. The standard InChI is InChI=1S/C15H14F2N2O3/c1-19-9-11(8-18-19)12(20)5-3-10-4-6-13(22-15(16)17)14(7-10)21-2/h3-9,15H,1-2H3/b5-3+. The van der Waals surface area contributed by atoms with Gasteiger partial charge in [-0.3, -0.25) is 9.48 Å². The summed E-state index contributed by atoms with van der Waals surface area (Å²) in [6, 6.07) is 4.41. The van der Waals surface area contributed by atoms with Gasteiger partial charge in [0.2, 0.25) is 0 Å². The fourth-order valence-electron chi connectivity index (χ4n) is 1.80. The van der Waals surface area contributed by atoms with Crippen LogP contribution < -0.4 is 9.47 Å². The van der Waals surface area contributed by atoms with Crippen molar-refractivity contribution in [3.05, 3.63) is 47.8 Å². The molecule has 2 rings (SSSR count). The van der Waals surface area contributed by atoms with Gasteiger partial charge in [-0.1, -0.05) is 12.1 Å². The molecule has 22 heavy (non-hydrogen) atoms. The molecule has 0 saturated heterocycles. The first-order valence-corrected chi connectivity index (χ1v) is 6.33. The van der Waals surface area contributed by atoms with E-state index in [0.717, 1.165) is 0 Å². The minimum absolute atomic E-state index is 0.0618. The Morgan fingerprint density at radius 1 is 1.36 bits per heavy atom. The Hall–Kier alpha value is -2.70. The molecule has 0 spiro atoms. The quantitative estimate of drug-likeness (QED) is 0.608. The van der Waals surface area contributed by atoms with Crippen LogP contribution in [0.2, 0.25) is 0 Å². The molecule has 0 amide bonds. The maximum atomic E-state index is 12.2. The maximum absolute atomic E-state index is 12.2. The van der Waals surface area contributed by atoms with Crippen LogP contribution in [0.25, 0.3) is 6.08 Å². The number of halogens is 2. The molecule has 0 aliphatic rings. The number of ketones is 1. The highest BCUT2D eigenvalue weighted by Crippen LogP contribution is 2.29. The molecule has 0 aliphatic heterocycles. The van der Waals surface area contributed by atoms with Crippen LogP contribution in [0.3, 0.4) is 0 Å². The Labute approximate surface area is 125 Å². The molecule has 5 nitrogen and oxygen atoms in total. The molecule has 1 aromatic heterocycles. The van der Waals surface area contributed by atoms with E-state index in [9.17, 15) is 13.6 Å². The zero-order chi connectivity index (χ0) is 16.1. The number of carbonyl (C=O) groups is 1. The summed E-state index contributed by atoms with van der Waals surface area (Å²) in [5.41, 5.74) is 1.08. The number of aryl methyl sites for hydroxylation is 1. The molecule has 1 aromatic carbocycles. The third kappa shape index (κ3) is 3.91. The number of carbonyl (C=O) groups excluding carboxylic acids is 1. The number of nitrogens with zero attached hydrogens (tertiary/aromatic N) is 2. The molecule has 7 heteroatoms. The largest absolute Gasteiger partial charge is 0.493 e. The van der Waals surface area contributed by atoms with Crippen LogP contribution in [0.4, 0.5) is 8.78 Å². The lowest BCUT2D eigenvalue weighted by molar-refractivity contribution is -0.0512. The highest BCUT2D eigenvalue weighted by Gasteiger charge is 2.10. The third-order valence-electron chi connectivity index (χ3n) is 2.82. The van der Waals surface area contributed by atoms with Crippen LogP contribution in [-0.4, -0.2) is 29.3 Å². The Morgan fingerprint density at radius 3 is 2.73 bits per heavy atom. The molecular formula is C15H14F2N2O3. The third-order valence-corrected chi connectivity index (χ3v) is 2.82. The van der Waals surface area contributed by atoms with E-state index in [0.29, 0.717) is 11.1 Å². The number of methoxy groups -OCH3 is 1. The summed E-state index contributed by atoms with van der Waals surface area (Å²) < 4.78 is 35.3. The summed E-state index contributed by atoms with van der Waals surface area (Å²) in [5, 5.41) is 3.91. The molecule has 0 N–H and O–H groups in total. The van der Waals surface area contributed by atoms with E-state index >= 15 is 0 Å². The second kappa shape index (κ2) is 6.84. The lowest BCUT2D eigenvalue weighted by Gasteiger charge is -2.10. The average Bonchev–Trinajstić information content (AvgIpc) is 2.92. The average molecular weight is 308 g/mol. The highest BCUT2D eigenvalue weighted by atomic mass is 19.3. The van der Waals surface area contributed by atoms with Gasteiger partial charge in [0, 0.05) is 13.2 Å². The van der Waals surface area contributed by atoms with Gasteiger partial charge >= 0.3 is 6.61 Å². The van der Waals surface area contributed by atoms with Gasteiger partial charge in [0.15, 0.2) is 17.3 Å². The number of aromatic nitrogens is 2. The van der Waals surface area contributed by atoms with Gasteiger partial charge in [0.25, 0.3) is 0 Å². The Morgan fingerprint density at radius 2 is 2.14 bits per heavy atom. The molecule has 0 unspecified atom stereocenters. The first-order chi connectivity index (χ1) is 10.5. The summed E-state index contributed by atoms with van der Waals surface area (Å²) in [5.74, 6) is -0.107. The first kappa shape index (κ1) is 15.7. The molecule has 2 aromatic rings. The molecular weight excluding hydrogens is 294 g/mol. The smallest absolute Gasteiger partial charge is 0.387 e. The van der Waals surface area contributed by atoms with Crippen molar-refractivity contribution in [2.24, 2.45) is 7.05 Å². The Kier molecular flexibility index (Phi) is 4.88. The molecule has 0 aliphatic carbocycles. The van der Waals surface area contributed by atoms with Gasteiger partial charge in [0.1, 0.15) is 0 Å². The normalized spacial score (nSPS) is 11.1. The van der Waals surface area contributed by atoms with Crippen molar-refractivity contribution in [3.8, 4) is 11.5 Å². The van der Waals surface area contributed by atoms with Gasteiger partial charge in [-0.05, 0) is 23.8 Å². The van der Waals surface area contributed by atoms with E-state index in [4.69, 9.17) is 4.74 Å². The maximum Gasteiger partial charge on any atom is 0.387 e. The fraction of sp³-hybridized carbons (Fsp3) is 0.200. The van der Waals surface area contributed by atoms with E-state index in [1.165, 1.54) is 36.2 Å². The van der Waals surface area contributed by atoms with Crippen LogP contribution in [0.1, 0.15) is 15.9 Å². The lowest BCUT2D eigenvalue weighted by Crippen LogP contribution is -2.03. The van der Waals surface area contributed by atoms with Crippen LogP contribution in [0.15, 0.2) is 36.7 Å². The summed E-state index contributed by atoms with van der Waals surface area (Å²) in [6.45, 7) is -2.93. The molecule has 116 valence electrons. The summed E-state index contributed by atoms with van der Waals surface area (Å²) in [4.78, 5) is 11.9. The van der Waals surface area contributed by atoms with Crippen LogP contribution in [-0.2, 0) is 7.05 Å². The number of hydrogen-bond donors (Lipinski definition) is 0. The fourth-order valence-corrected chi connectivity index (χ4v) is 1.80. The topological polar surface area (TPSA) is 53.3 Å². The van der Waals surface area contributed by atoms with Gasteiger partial charge < -0.3 is 9.47 Å². The van der Waals surface area contributed by atoms with E-state index in [-0.39, 0.29) is 17.3 Å². The first-order valence-electron chi connectivity index (χ1n) is 6.33. The highest BCUT2D eigenvalue weighted by molar-refractivity contribution is 6.06. The van der Waals surface area contributed by atoms with Crippen molar-refractivity contribution in [3.63, 3.8) is 0 Å². The second-order valence-electron chi connectivity index (χ2n) is 4.39. The van der Waals surface area contributed by atoms with E-state index < -0.39 is 6.61 Å². The van der Waals surface area contributed by atoms with Crippen molar-refractivity contribution in [2.75, 3.05) is 7.11 Å². The molecule has 0 fully saturated rings. The predicted octanol–water partition coefficient (Wildman–Crippen LogP) is 2.93. The van der Waals surface area contributed by atoms with Crippen molar-refractivity contribution in [1.82, 2.24) is 9.78 Å². The zero-order valence-corrected chi connectivity index (χ0v) is 12.0. The van der Waals surface area contributed by atoms with Crippen molar-refractivity contribution in [1.29, 1.82) is 0 Å². The monoisotopic (exact) mass is 308 g/mol. The minimum atomic E-state index is -2.93. The van der Waals surface area contributed by atoms with Crippen LogP contribution in [0, 0.1) is 0 Å². The molecule has 0 bridgehead atoms. The zero-order valence-electron chi connectivity index (χ0n) is 12.0. The van der Waals surface area contributed by atoms with E-state index in [1.807, 2.05) is 0 Å². The van der Waals surface area contributed by atoms with Gasteiger partial charge in [0.05, 0.1) is 18.9 Å². The summed E-state index contributed by atoms with van der Waals surface area (Å²) in [6.07, 6.45) is 6.00. The summed E-state index contributed by atoms with van der Waals surface area (Å²) >= 11 is 0. The number of allylic oxidation sites excluding steroid dienone is 1. The number of hydrogen-bond acceptors (Lipinski definition) is 4. The van der Waals surface area contributed by atoms with Gasteiger partial charge in [-0.15, -0.1) is 0 Å². The lowest BCUT2D eigenvalue weighted by atomic mass is 10.1. The Bertz CT molecular complexity index is 696. The van der Waals surface area contributed by atoms with Gasteiger partial charge in [-0.2, -0.15) is 13.9 Å². The SMILES string of the molecule is COc1cc(/C=C/C(=O)c2cnn(C)c2)ccc1OC(F)F. The summed E-state index contributed by atoms with van der Waals surface area (Å²) in [7, 11) is 3.06. The van der Waals surface area contributed by atoms with E-state index in [2.05, 4.69) is 9.84 Å². The predicted molar refractivity (Wildman–Crippen MR) is 76.2 cm³/mol. The van der Waals surface area contributed by atoms with Crippen molar-refractivity contribution < 1.29 is 23.0 Å². The molecule has 0 atom stereocenters. The van der Waals surface area contributed by atoms with E-state index in [1.54, 1.807) is 25.4 Å².